The van der Waals surface area contributed by atoms with Gasteiger partial charge in [-0.25, -0.2) is 0 Å². The molecule has 2 fully saturated rings. The fourth-order valence-corrected chi connectivity index (χ4v) is 7.82. The lowest BCUT2D eigenvalue weighted by Crippen LogP contribution is -2.59. The van der Waals surface area contributed by atoms with E-state index in [4.69, 9.17) is 30.4 Å². The van der Waals surface area contributed by atoms with Crippen LogP contribution in [0.4, 0.5) is 0 Å². The van der Waals surface area contributed by atoms with Crippen LogP contribution in [-0.2, 0) is 28.5 Å². The first-order valence-corrected chi connectivity index (χ1v) is 22.7. The number of fused-ring (bicyclic) bond motifs is 2. The maximum Gasteiger partial charge on any atom is 0.308 e. The SMILES string of the molecule is C[C@H]1C[C@H](O)[C@@H](C)/C=C/C=C/C=C/C=C/C=C/C=C/C=C/C(O[C@@H]2OC[C@@H](O)[C@H](N)[C@H]2O)C[C@@H]2OC(O)(CC(O)CC(O)[C@H](O)CCC(O)CC(O)CC(=O)O1)C[C@H](O)[C@H]2C(=O)NCCN. The zero-order valence-corrected chi connectivity index (χ0v) is 37.9. The maximum atomic E-state index is 13.4. The van der Waals surface area contributed by atoms with E-state index >= 15 is 0 Å². The van der Waals surface area contributed by atoms with Crippen molar-refractivity contribution in [3.8, 4) is 0 Å². The number of nitrogens with one attached hydrogen (secondary N) is 1. The first kappa shape index (κ1) is 56.8. The van der Waals surface area contributed by atoms with Gasteiger partial charge in [0.25, 0.3) is 0 Å². The molecule has 374 valence electrons. The van der Waals surface area contributed by atoms with E-state index in [-0.39, 0.29) is 57.7 Å². The molecule has 3 aliphatic heterocycles. The number of hydrogen-bond donors (Lipinski definition) is 13. The Balaban J connectivity index is 1.88. The smallest absolute Gasteiger partial charge is 0.308 e. The van der Waals surface area contributed by atoms with Gasteiger partial charge in [0.2, 0.25) is 5.91 Å². The van der Waals surface area contributed by atoms with E-state index in [1.165, 1.54) is 0 Å². The quantitative estimate of drug-likeness (QED) is 0.148. The molecule has 3 aliphatic rings. The highest BCUT2D eigenvalue weighted by Crippen LogP contribution is 2.38. The molecule has 1 amide bonds. The molecule has 15 N–H and O–H groups in total. The number of hydrogen-bond acceptors (Lipinski definition) is 18. The highest BCUT2D eigenvalue weighted by Gasteiger charge is 2.50. The molecule has 6 unspecified atom stereocenters. The van der Waals surface area contributed by atoms with E-state index in [9.17, 15) is 60.7 Å². The summed E-state index contributed by atoms with van der Waals surface area (Å²) in [6.45, 7) is 3.36. The Labute approximate surface area is 387 Å². The van der Waals surface area contributed by atoms with Crippen LogP contribution in [0.1, 0.15) is 71.6 Å². The number of carbonyl (C=O) groups is 2. The Morgan fingerprint density at radius 1 is 0.727 bits per heavy atom. The molecule has 2 bridgehead atoms. The number of aliphatic hydroxyl groups is 10. The fraction of sp³-hybridized carbons (Fsp3) is 0.660. The van der Waals surface area contributed by atoms with Gasteiger partial charge in [-0.2, -0.15) is 0 Å². The molecule has 66 heavy (non-hydrogen) atoms. The summed E-state index contributed by atoms with van der Waals surface area (Å²) in [5, 5.41) is 111. The van der Waals surface area contributed by atoms with Crippen LogP contribution in [0.5, 0.6) is 0 Å². The van der Waals surface area contributed by atoms with Crippen LogP contribution < -0.4 is 16.8 Å². The first-order chi connectivity index (χ1) is 31.3. The van der Waals surface area contributed by atoms with Crippen molar-refractivity contribution < 1.29 is 79.6 Å². The third kappa shape index (κ3) is 20.4. The van der Waals surface area contributed by atoms with Crippen LogP contribution in [0.25, 0.3) is 0 Å². The van der Waals surface area contributed by atoms with E-state index < -0.39 is 135 Å². The first-order valence-electron chi connectivity index (χ1n) is 22.7. The van der Waals surface area contributed by atoms with E-state index in [1.54, 1.807) is 61.6 Å². The molecule has 0 aliphatic carbocycles. The number of nitrogens with two attached hydrogens (primary N) is 2. The highest BCUT2D eigenvalue weighted by molar-refractivity contribution is 5.80. The van der Waals surface area contributed by atoms with E-state index in [2.05, 4.69) is 5.32 Å². The zero-order valence-electron chi connectivity index (χ0n) is 37.9. The van der Waals surface area contributed by atoms with Crippen LogP contribution in [0.15, 0.2) is 85.1 Å². The van der Waals surface area contributed by atoms with Crippen molar-refractivity contribution in [1.82, 2.24) is 5.32 Å². The molecule has 3 heterocycles. The van der Waals surface area contributed by atoms with Crippen LogP contribution in [0.3, 0.4) is 0 Å². The summed E-state index contributed by atoms with van der Waals surface area (Å²) in [7, 11) is 0. The average molecular weight is 938 g/mol. The second-order valence-corrected chi connectivity index (χ2v) is 17.4. The molecule has 0 aromatic carbocycles. The third-order valence-electron chi connectivity index (χ3n) is 11.5. The van der Waals surface area contributed by atoms with Gasteiger partial charge in [-0.1, -0.05) is 92.0 Å². The molecule has 3 rings (SSSR count). The number of ether oxygens (including phenoxy) is 4. The van der Waals surface area contributed by atoms with Gasteiger partial charge in [-0.05, 0) is 26.2 Å². The van der Waals surface area contributed by atoms with Crippen molar-refractivity contribution >= 4 is 11.9 Å². The summed E-state index contributed by atoms with van der Waals surface area (Å²) in [5.41, 5.74) is 11.6. The van der Waals surface area contributed by atoms with Gasteiger partial charge in [0.1, 0.15) is 12.2 Å². The van der Waals surface area contributed by atoms with Crippen molar-refractivity contribution in [1.29, 1.82) is 0 Å². The third-order valence-corrected chi connectivity index (χ3v) is 11.5. The fourth-order valence-electron chi connectivity index (χ4n) is 7.82. The Kier molecular flexibility index (Phi) is 25.3. The Hall–Kier alpha value is -3.48. The lowest BCUT2D eigenvalue weighted by molar-refractivity contribution is -0.304. The molecule has 0 aromatic heterocycles. The Bertz CT molecular complexity index is 1660. The number of amides is 1. The Morgan fingerprint density at radius 2 is 1.33 bits per heavy atom. The normalized spacial score (nSPS) is 42.7. The molecule has 0 aromatic rings. The van der Waals surface area contributed by atoms with E-state index in [1.807, 2.05) is 37.3 Å². The molecular formula is C47H75N3O16. The van der Waals surface area contributed by atoms with Gasteiger partial charge in [0.15, 0.2) is 12.1 Å². The summed E-state index contributed by atoms with van der Waals surface area (Å²) < 4.78 is 23.2. The highest BCUT2D eigenvalue weighted by atomic mass is 16.7. The van der Waals surface area contributed by atoms with Gasteiger partial charge < -0.3 is 86.8 Å². The second-order valence-electron chi connectivity index (χ2n) is 17.4. The van der Waals surface area contributed by atoms with E-state index in [0.717, 1.165) is 0 Å². The second kappa shape index (κ2) is 29.4. The summed E-state index contributed by atoms with van der Waals surface area (Å²) in [6.07, 6.45) is 5.78. The molecule has 0 spiro atoms. The number of rotatable bonds is 5. The zero-order chi connectivity index (χ0) is 48.8. The van der Waals surface area contributed by atoms with Crippen molar-refractivity contribution in [3.63, 3.8) is 0 Å². The molecule has 0 saturated carbocycles. The maximum absolute atomic E-state index is 13.4. The minimum absolute atomic E-state index is 0.0655. The van der Waals surface area contributed by atoms with E-state index in [0.29, 0.717) is 0 Å². The monoisotopic (exact) mass is 938 g/mol. The predicted molar refractivity (Wildman–Crippen MR) is 242 cm³/mol. The van der Waals surface area contributed by atoms with Crippen molar-refractivity contribution in [2.24, 2.45) is 23.3 Å². The topological polar surface area (TPSA) is 337 Å². The number of carbonyl (C=O) groups excluding carboxylic acids is 2. The van der Waals surface area contributed by atoms with Gasteiger partial charge in [0.05, 0.1) is 86.0 Å². The van der Waals surface area contributed by atoms with Crippen LogP contribution >= 0.6 is 0 Å². The van der Waals surface area contributed by atoms with Crippen molar-refractivity contribution in [2.75, 3.05) is 19.7 Å². The lowest BCUT2D eigenvalue weighted by Gasteiger charge is -2.45. The molecule has 19 heteroatoms. The lowest BCUT2D eigenvalue weighted by atomic mass is 9.82. The van der Waals surface area contributed by atoms with Crippen LogP contribution in [0, 0.1) is 11.8 Å². The van der Waals surface area contributed by atoms with Crippen LogP contribution in [-0.4, -0.2) is 174 Å². The summed E-state index contributed by atoms with van der Waals surface area (Å²) in [4.78, 5) is 25.9. The van der Waals surface area contributed by atoms with Gasteiger partial charge in [-0.15, -0.1) is 0 Å². The summed E-state index contributed by atoms with van der Waals surface area (Å²) in [6, 6.07) is -1.11. The van der Waals surface area contributed by atoms with Crippen LogP contribution in [0.2, 0.25) is 0 Å². The minimum Gasteiger partial charge on any atom is -0.462 e. The van der Waals surface area contributed by atoms with Gasteiger partial charge in [0, 0.05) is 51.1 Å². The molecule has 19 nitrogen and oxygen atoms in total. The largest absolute Gasteiger partial charge is 0.462 e. The predicted octanol–water partition coefficient (Wildman–Crippen LogP) is -0.932. The number of cyclic esters (lactones) is 1. The number of aliphatic hydroxyl groups excluding tert-OH is 9. The molecule has 0 radical (unpaired) electrons. The van der Waals surface area contributed by atoms with Crippen molar-refractivity contribution in [3.05, 3.63) is 85.1 Å². The molecular weight excluding hydrogens is 863 g/mol. The molecule has 17 atom stereocenters. The molecule has 2 saturated heterocycles. The van der Waals surface area contributed by atoms with Gasteiger partial charge in [-0.3, -0.25) is 9.59 Å². The Morgan fingerprint density at radius 3 is 1.95 bits per heavy atom. The summed E-state index contributed by atoms with van der Waals surface area (Å²) >= 11 is 0. The average Bonchev–Trinajstić information content (AvgIpc) is 3.23. The summed E-state index contributed by atoms with van der Waals surface area (Å²) in [5.74, 6) is -5.16. The number of esters is 1. The minimum atomic E-state index is -2.26. The number of allylic oxidation sites excluding steroid dienone is 12. The standard InChI is InChI=1S/C47H75N3O16/c1-29-15-13-11-9-7-5-3-4-6-8-10-12-14-16-34(65-46-44(60)43(49)39(58)28-63-46)25-40-42(45(61)50-20-19-48)38(57)27-47(62,66-40)26-33(53)23-37(56)35(54)18-17-31(51)22-32(52)24-41(59)64-30(2)21-36(29)55/h3-16,29-40,42-44,46,51-58,60,62H,17-28,48-49H2,1-2H3,(H,50,61)/b4-3+,7-5+,8-6+,11-9+,12-10+,15-13+,16-14+/t29-,30-,31?,32?,33?,34?,35+,36-,37?,38-,39+,40-,42+,43-,44+,46-,47?/m0/s1. The van der Waals surface area contributed by atoms with Gasteiger partial charge >= 0.3 is 5.97 Å². The van der Waals surface area contributed by atoms with Crippen molar-refractivity contribution in [2.45, 2.75) is 163 Å².